The minimum atomic E-state index is 0.727. The molecule has 2 saturated heterocycles. The first kappa shape index (κ1) is 24.0. The Bertz CT molecular complexity index is 282. The molecule has 0 aromatic rings. The highest BCUT2D eigenvalue weighted by Crippen LogP contribution is 2.25. The molecule has 0 amide bonds. The number of nitrogens with zero attached hydrogens (tertiary/aromatic N) is 2. The van der Waals surface area contributed by atoms with Crippen molar-refractivity contribution in [2.75, 3.05) is 13.1 Å². The lowest BCUT2D eigenvalue weighted by Gasteiger charge is -2.36. The summed E-state index contributed by atoms with van der Waals surface area (Å²) in [5.74, 6) is 1.64. The van der Waals surface area contributed by atoms with Crippen LogP contribution in [0.4, 0.5) is 0 Å². The molecule has 2 unspecified atom stereocenters. The number of likely N-dealkylation sites (tertiary alicyclic amines) is 2. The molecule has 2 nitrogen and oxygen atoms in total. The molecule has 0 radical (unpaired) electrons. The van der Waals surface area contributed by atoms with Gasteiger partial charge in [-0.25, -0.2) is 0 Å². The topological polar surface area (TPSA) is 6.48 Å². The second-order valence-electron chi connectivity index (χ2n) is 9.98. The van der Waals surface area contributed by atoms with Gasteiger partial charge in [-0.3, -0.25) is 9.80 Å². The Balaban J connectivity index is 0.000000260. The van der Waals surface area contributed by atoms with Crippen LogP contribution in [0.25, 0.3) is 0 Å². The van der Waals surface area contributed by atoms with Gasteiger partial charge >= 0.3 is 0 Å². The summed E-state index contributed by atoms with van der Waals surface area (Å²) >= 11 is 0. The zero-order valence-corrected chi connectivity index (χ0v) is 19.4. The quantitative estimate of drug-likeness (QED) is 0.553. The summed E-state index contributed by atoms with van der Waals surface area (Å²) in [6, 6.07) is 3.13. The Kier molecular flexibility index (Phi) is 11.4. The zero-order chi connectivity index (χ0) is 19.7. The largest absolute Gasteiger partial charge is 0.298 e. The van der Waals surface area contributed by atoms with Gasteiger partial charge in [-0.1, -0.05) is 53.4 Å². The fourth-order valence-corrected chi connectivity index (χ4v) is 5.03. The predicted octanol–water partition coefficient (Wildman–Crippen LogP) is 6.59. The van der Waals surface area contributed by atoms with Crippen LogP contribution < -0.4 is 0 Å². The third-order valence-corrected chi connectivity index (χ3v) is 6.55. The van der Waals surface area contributed by atoms with Crippen LogP contribution >= 0.6 is 0 Å². The van der Waals surface area contributed by atoms with Crippen molar-refractivity contribution >= 4 is 0 Å². The highest BCUT2D eigenvalue weighted by atomic mass is 15.2. The molecule has 2 aliphatic heterocycles. The van der Waals surface area contributed by atoms with Crippen LogP contribution in [0.1, 0.15) is 107 Å². The van der Waals surface area contributed by atoms with Crippen LogP contribution in [0.2, 0.25) is 0 Å². The van der Waals surface area contributed by atoms with Crippen LogP contribution in [0.3, 0.4) is 0 Å². The van der Waals surface area contributed by atoms with Crippen LogP contribution in [-0.2, 0) is 0 Å². The molecular formula is C24H50N2. The first-order chi connectivity index (χ1) is 12.3. The second kappa shape index (κ2) is 12.4. The van der Waals surface area contributed by atoms with Crippen LogP contribution in [0.5, 0.6) is 0 Å². The molecule has 0 aromatic carbocycles. The summed E-state index contributed by atoms with van der Waals surface area (Å²) in [6.45, 7) is 21.4. The average molecular weight is 367 g/mol. The Morgan fingerprint density at radius 1 is 0.500 bits per heavy atom. The fourth-order valence-electron chi connectivity index (χ4n) is 5.03. The second-order valence-corrected chi connectivity index (χ2v) is 9.98. The van der Waals surface area contributed by atoms with E-state index in [1.54, 1.807) is 0 Å². The van der Waals surface area contributed by atoms with Crippen molar-refractivity contribution in [3.05, 3.63) is 0 Å². The van der Waals surface area contributed by atoms with Crippen LogP contribution in [0.15, 0.2) is 0 Å². The standard InChI is InChI=1S/2C12H25N/c2*1-10(2)12-8-6-5-7-9-13(12)11(3)4/h2*10-12H,5-9H2,1-4H3. The molecule has 0 N–H and O–H groups in total. The third-order valence-electron chi connectivity index (χ3n) is 6.55. The number of rotatable bonds is 4. The van der Waals surface area contributed by atoms with Crippen LogP contribution in [0, 0.1) is 11.8 Å². The molecule has 2 heteroatoms. The van der Waals surface area contributed by atoms with Gasteiger partial charge in [-0.15, -0.1) is 0 Å². The van der Waals surface area contributed by atoms with Gasteiger partial charge < -0.3 is 0 Å². The van der Waals surface area contributed by atoms with Gasteiger partial charge in [0.15, 0.2) is 0 Å². The minimum Gasteiger partial charge on any atom is -0.298 e. The van der Waals surface area contributed by atoms with E-state index in [0.717, 1.165) is 36.0 Å². The van der Waals surface area contributed by atoms with E-state index in [0.29, 0.717) is 0 Å². The maximum absolute atomic E-state index is 2.71. The lowest BCUT2D eigenvalue weighted by atomic mass is 9.97. The molecule has 0 spiro atoms. The van der Waals surface area contributed by atoms with Crippen LogP contribution in [-0.4, -0.2) is 47.1 Å². The molecule has 2 heterocycles. The third kappa shape index (κ3) is 7.89. The first-order valence-corrected chi connectivity index (χ1v) is 11.8. The molecule has 2 aliphatic rings. The van der Waals surface area contributed by atoms with E-state index >= 15 is 0 Å². The smallest absolute Gasteiger partial charge is 0.0121 e. The van der Waals surface area contributed by atoms with E-state index in [-0.39, 0.29) is 0 Å². The van der Waals surface area contributed by atoms with E-state index in [4.69, 9.17) is 0 Å². The van der Waals surface area contributed by atoms with Gasteiger partial charge in [0.05, 0.1) is 0 Å². The van der Waals surface area contributed by atoms with Gasteiger partial charge in [-0.2, -0.15) is 0 Å². The minimum absolute atomic E-state index is 0.727. The SMILES string of the molecule is CC(C)C1CCCCCN1C(C)C.CC(C)C1CCCCCN1C(C)C. The lowest BCUT2D eigenvalue weighted by molar-refractivity contribution is 0.121. The Morgan fingerprint density at radius 2 is 0.846 bits per heavy atom. The van der Waals surface area contributed by atoms with E-state index in [9.17, 15) is 0 Å². The van der Waals surface area contributed by atoms with E-state index < -0.39 is 0 Å². The Labute approximate surface area is 166 Å². The van der Waals surface area contributed by atoms with Gasteiger partial charge in [0.25, 0.3) is 0 Å². The summed E-state index contributed by atoms with van der Waals surface area (Å²) in [5.41, 5.74) is 0. The molecule has 0 saturated carbocycles. The van der Waals surface area contributed by atoms with Crippen molar-refractivity contribution in [2.24, 2.45) is 11.8 Å². The zero-order valence-electron chi connectivity index (χ0n) is 19.4. The van der Waals surface area contributed by atoms with Crippen molar-refractivity contribution in [1.82, 2.24) is 9.80 Å². The molecule has 26 heavy (non-hydrogen) atoms. The van der Waals surface area contributed by atoms with Gasteiger partial charge in [-0.05, 0) is 78.3 Å². The van der Waals surface area contributed by atoms with Crippen molar-refractivity contribution in [2.45, 2.75) is 131 Å². The first-order valence-electron chi connectivity index (χ1n) is 11.8. The Morgan fingerprint density at radius 3 is 1.12 bits per heavy atom. The highest BCUT2D eigenvalue weighted by molar-refractivity contribution is 4.81. The lowest BCUT2D eigenvalue weighted by Crippen LogP contribution is -2.42. The monoisotopic (exact) mass is 366 g/mol. The normalized spacial score (nSPS) is 26.8. The van der Waals surface area contributed by atoms with E-state index in [1.807, 2.05) is 0 Å². The van der Waals surface area contributed by atoms with E-state index in [1.165, 1.54) is 64.5 Å². The van der Waals surface area contributed by atoms with Gasteiger partial charge in [0, 0.05) is 24.2 Å². The predicted molar refractivity (Wildman–Crippen MR) is 118 cm³/mol. The summed E-state index contributed by atoms with van der Waals surface area (Å²) < 4.78 is 0. The Hall–Kier alpha value is -0.0800. The van der Waals surface area contributed by atoms with Gasteiger partial charge in [0.2, 0.25) is 0 Å². The van der Waals surface area contributed by atoms with Crippen molar-refractivity contribution in [3.63, 3.8) is 0 Å². The summed E-state index contributed by atoms with van der Waals surface area (Å²) in [6.07, 6.45) is 11.4. The maximum Gasteiger partial charge on any atom is 0.0121 e. The highest BCUT2D eigenvalue weighted by Gasteiger charge is 2.26. The van der Waals surface area contributed by atoms with Crippen molar-refractivity contribution < 1.29 is 0 Å². The summed E-state index contributed by atoms with van der Waals surface area (Å²) in [7, 11) is 0. The van der Waals surface area contributed by atoms with E-state index in [2.05, 4.69) is 65.2 Å². The molecular weight excluding hydrogens is 316 g/mol. The number of hydrogen-bond acceptors (Lipinski definition) is 2. The van der Waals surface area contributed by atoms with Gasteiger partial charge in [0.1, 0.15) is 0 Å². The molecule has 0 aromatic heterocycles. The molecule has 0 aliphatic carbocycles. The molecule has 0 bridgehead atoms. The van der Waals surface area contributed by atoms with Crippen molar-refractivity contribution in [1.29, 1.82) is 0 Å². The molecule has 2 atom stereocenters. The summed E-state index contributed by atoms with van der Waals surface area (Å²) in [5, 5.41) is 0. The number of hydrogen-bond donors (Lipinski definition) is 0. The van der Waals surface area contributed by atoms with Crippen molar-refractivity contribution in [3.8, 4) is 0 Å². The molecule has 2 fully saturated rings. The molecule has 156 valence electrons. The maximum atomic E-state index is 2.71. The average Bonchev–Trinajstić information content (AvgIpc) is 2.96. The fraction of sp³-hybridized carbons (Fsp3) is 1.00. The summed E-state index contributed by atoms with van der Waals surface area (Å²) in [4.78, 5) is 5.41. The molecule has 2 rings (SSSR count).